The van der Waals surface area contributed by atoms with Crippen molar-refractivity contribution >= 4 is 17.1 Å². The van der Waals surface area contributed by atoms with Gasteiger partial charge in [0.2, 0.25) is 5.95 Å². The maximum atomic E-state index is 14.2. The maximum Gasteiger partial charge on any atom is 0.407 e. The number of carbonyl (C=O) groups excluding carboxylic acids is 1. The second-order valence-electron chi connectivity index (χ2n) is 9.53. The van der Waals surface area contributed by atoms with Crippen LogP contribution in [-0.4, -0.2) is 31.7 Å². The van der Waals surface area contributed by atoms with Crippen molar-refractivity contribution in [2.45, 2.75) is 70.4 Å². The Morgan fingerprint density at radius 2 is 1.62 bits per heavy atom. The van der Waals surface area contributed by atoms with E-state index in [0.717, 1.165) is 0 Å². The highest BCUT2D eigenvalue weighted by atomic mass is 32.2. The van der Waals surface area contributed by atoms with Gasteiger partial charge in [0, 0.05) is 6.20 Å². The van der Waals surface area contributed by atoms with Crippen LogP contribution in [0.5, 0.6) is 0 Å². The van der Waals surface area contributed by atoms with E-state index in [1.807, 2.05) is 0 Å². The minimum Gasteiger partial charge on any atom is -0.444 e. The molecule has 2 rings (SSSR count). The molecule has 0 bridgehead atoms. The van der Waals surface area contributed by atoms with Crippen molar-refractivity contribution in [1.29, 1.82) is 0 Å². The molecule has 1 aromatic carbocycles. The number of hydrogen-bond donors (Lipinski definition) is 2. The van der Waals surface area contributed by atoms with Gasteiger partial charge in [-0.3, -0.25) is 0 Å². The van der Waals surface area contributed by atoms with Crippen molar-refractivity contribution < 1.29 is 22.5 Å². The third kappa shape index (κ3) is 6.32. The quantitative estimate of drug-likeness (QED) is 0.610. The molecule has 2 aromatic rings. The average Bonchev–Trinajstić information content (AvgIpc) is 2.64. The highest BCUT2D eigenvalue weighted by Gasteiger charge is 2.44. The number of alkyl carbamates (subject to hydrolysis) is 1. The number of pyridine rings is 1. The van der Waals surface area contributed by atoms with E-state index < -0.39 is 50.8 Å². The SMILES string of the molecule is CC(NC(=O)OC(C)(C)C)C(NS(=O)C(C)(C)C)(c1ccc(F)cc1)c1ccnc(F)c1. The Morgan fingerprint density at radius 1 is 1.03 bits per heavy atom. The van der Waals surface area contributed by atoms with Crippen molar-refractivity contribution in [3.05, 3.63) is 65.5 Å². The number of hydrogen-bond acceptors (Lipinski definition) is 4. The number of halogens is 2. The average molecular weight is 468 g/mol. The van der Waals surface area contributed by atoms with E-state index in [1.165, 1.54) is 36.5 Å². The fourth-order valence-electron chi connectivity index (χ4n) is 3.13. The molecular weight excluding hydrogens is 436 g/mol. The zero-order valence-electron chi connectivity index (χ0n) is 19.5. The molecule has 2 N–H and O–H groups in total. The van der Waals surface area contributed by atoms with Gasteiger partial charge in [-0.15, -0.1) is 0 Å². The van der Waals surface area contributed by atoms with Crippen LogP contribution < -0.4 is 10.0 Å². The normalized spacial score (nSPS) is 16.0. The Bertz CT molecular complexity index is 972. The van der Waals surface area contributed by atoms with Gasteiger partial charge in [-0.2, -0.15) is 4.39 Å². The van der Waals surface area contributed by atoms with Gasteiger partial charge in [-0.1, -0.05) is 12.1 Å². The van der Waals surface area contributed by atoms with Gasteiger partial charge in [-0.05, 0) is 83.9 Å². The summed E-state index contributed by atoms with van der Waals surface area (Å²) in [5, 5.41) is 2.77. The second-order valence-corrected chi connectivity index (χ2v) is 11.5. The molecule has 0 saturated heterocycles. The summed E-state index contributed by atoms with van der Waals surface area (Å²) in [6.07, 6.45) is 0.583. The monoisotopic (exact) mass is 467 g/mol. The zero-order valence-corrected chi connectivity index (χ0v) is 20.3. The molecule has 1 heterocycles. The number of amides is 1. The molecule has 1 aromatic heterocycles. The van der Waals surface area contributed by atoms with E-state index in [-0.39, 0.29) is 0 Å². The van der Waals surface area contributed by atoms with Crippen molar-refractivity contribution in [3.8, 4) is 0 Å². The first-order valence-corrected chi connectivity index (χ1v) is 11.4. The summed E-state index contributed by atoms with van der Waals surface area (Å²) in [4.78, 5) is 16.2. The van der Waals surface area contributed by atoms with E-state index in [1.54, 1.807) is 54.5 Å². The third-order valence-corrected chi connectivity index (χ3v) is 6.29. The van der Waals surface area contributed by atoms with Gasteiger partial charge in [-0.25, -0.2) is 23.1 Å². The van der Waals surface area contributed by atoms with Crippen LogP contribution in [0.15, 0.2) is 42.6 Å². The Morgan fingerprint density at radius 3 is 2.12 bits per heavy atom. The van der Waals surface area contributed by atoms with Crippen LogP contribution in [0, 0.1) is 11.8 Å². The Kier molecular flexibility index (Phi) is 7.78. The summed E-state index contributed by atoms with van der Waals surface area (Å²) >= 11 is 0. The molecule has 176 valence electrons. The Balaban J connectivity index is 2.71. The van der Waals surface area contributed by atoms with Crippen LogP contribution in [0.3, 0.4) is 0 Å². The van der Waals surface area contributed by atoms with E-state index >= 15 is 0 Å². The van der Waals surface area contributed by atoms with E-state index in [0.29, 0.717) is 11.1 Å². The highest BCUT2D eigenvalue weighted by Crippen LogP contribution is 2.35. The molecule has 6 nitrogen and oxygen atoms in total. The number of ether oxygens (including phenoxy) is 1. The number of nitrogens with zero attached hydrogens (tertiary/aromatic N) is 1. The molecule has 3 unspecified atom stereocenters. The van der Waals surface area contributed by atoms with Crippen LogP contribution in [-0.2, 0) is 21.3 Å². The van der Waals surface area contributed by atoms with Gasteiger partial charge in [0.1, 0.15) is 17.0 Å². The number of aromatic nitrogens is 1. The van der Waals surface area contributed by atoms with E-state index in [9.17, 15) is 17.8 Å². The summed E-state index contributed by atoms with van der Waals surface area (Å²) in [6, 6.07) is 7.49. The van der Waals surface area contributed by atoms with Gasteiger partial charge < -0.3 is 10.1 Å². The van der Waals surface area contributed by atoms with E-state index in [2.05, 4.69) is 15.0 Å². The molecular formula is C23H31F2N3O3S. The minimum absolute atomic E-state index is 0.359. The lowest BCUT2D eigenvalue weighted by atomic mass is 9.78. The standard InChI is InChI=1S/C23H31F2N3O3S/c1-15(27-20(29)31-21(2,3)4)23(28-32(30)22(5,6)7,16-8-10-18(24)11-9-16)17-12-13-26-19(25)14-17/h8-15,28H,1-7H3,(H,27,29). The molecule has 0 saturated carbocycles. The van der Waals surface area contributed by atoms with Crippen LogP contribution in [0.4, 0.5) is 13.6 Å². The third-order valence-electron chi connectivity index (χ3n) is 4.67. The lowest BCUT2D eigenvalue weighted by Crippen LogP contribution is -2.60. The fraction of sp³-hybridized carbons (Fsp3) is 0.478. The van der Waals surface area contributed by atoms with Crippen molar-refractivity contribution in [3.63, 3.8) is 0 Å². The largest absolute Gasteiger partial charge is 0.444 e. The molecule has 0 aliphatic rings. The number of benzene rings is 1. The fourth-order valence-corrected chi connectivity index (χ4v) is 4.14. The molecule has 0 aliphatic carbocycles. The van der Waals surface area contributed by atoms with Gasteiger partial charge >= 0.3 is 6.09 Å². The van der Waals surface area contributed by atoms with Gasteiger partial charge in [0.15, 0.2) is 0 Å². The number of nitrogens with one attached hydrogen (secondary N) is 2. The molecule has 0 fully saturated rings. The van der Waals surface area contributed by atoms with Gasteiger partial charge in [0.25, 0.3) is 0 Å². The molecule has 0 radical (unpaired) electrons. The second kappa shape index (κ2) is 9.62. The summed E-state index contributed by atoms with van der Waals surface area (Å²) in [6.45, 7) is 12.2. The van der Waals surface area contributed by atoms with Crippen LogP contribution in [0.25, 0.3) is 0 Å². The molecule has 0 aliphatic heterocycles. The van der Waals surface area contributed by atoms with E-state index in [4.69, 9.17) is 4.74 Å². The predicted octanol–water partition coefficient (Wildman–Crippen LogP) is 4.57. The zero-order chi connectivity index (χ0) is 24.3. The first kappa shape index (κ1) is 25.9. The maximum absolute atomic E-state index is 14.2. The van der Waals surface area contributed by atoms with Gasteiger partial charge in [0.05, 0.1) is 21.8 Å². The molecule has 0 spiro atoms. The Labute approximate surface area is 190 Å². The van der Waals surface area contributed by atoms with Crippen LogP contribution in [0.1, 0.15) is 59.6 Å². The highest BCUT2D eigenvalue weighted by molar-refractivity contribution is 7.84. The lowest BCUT2D eigenvalue weighted by Gasteiger charge is -2.42. The number of rotatable bonds is 6. The predicted molar refractivity (Wildman–Crippen MR) is 121 cm³/mol. The summed E-state index contributed by atoms with van der Waals surface area (Å²) in [5.41, 5.74) is -1.30. The molecule has 32 heavy (non-hydrogen) atoms. The molecule has 9 heteroatoms. The lowest BCUT2D eigenvalue weighted by molar-refractivity contribution is 0.0487. The molecule has 3 atom stereocenters. The van der Waals surface area contributed by atoms with Crippen molar-refractivity contribution in [2.75, 3.05) is 0 Å². The van der Waals surface area contributed by atoms with Crippen molar-refractivity contribution in [2.24, 2.45) is 0 Å². The van der Waals surface area contributed by atoms with Crippen LogP contribution >= 0.6 is 0 Å². The topological polar surface area (TPSA) is 80.3 Å². The summed E-state index contributed by atoms with van der Waals surface area (Å²) in [7, 11) is -1.65. The first-order valence-electron chi connectivity index (χ1n) is 10.2. The smallest absolute Gasteiger partial charge is 0.407 e. The molecule has 1 amide bonds. The van der Waals surface area contributed by atoms with Crippen LogP contribution in [0.2, 0.25) is 0 Å². The minimum atomic E-state index is -1.65. The number of carbonyl (C=O) groups is 1. The summed E-state index contributed by atoms with van der Waals surface area (Å²) < 4.78 is 49.0. The van der Waals surface area contributed by atoms with Crippen molar-refractivity contribution in [1.82, 2.24) is 15.0 Å². The first-order chi connectivity index (χ1) is 14.6. The summed E-state index contributed by atoms with van der Waals surface area (Å²) in [5.74, 6) is -1.21. The Hall–Kier alpha value is -2.39.